The molecule has 0 aliphatic carbocycles. The highest BCUT2D eigenvalue weighted by Gasteiger charge is 2.50. The normalized spacial score (nSPS) is 17.8. The van der Waals surface area contributed by atoms with Crippen LogP contribution in [0.4, 0.5) is 0 Å². The van der Waals surface area contributed by atoms with Crippen molar-refractivity contribution in [2.24, 2.45) is 11.8 Å². The second-order valence-electron chi connectivity index (χ2n) is 11.3. The van der Waals surface area contributed by atoms with E-state index in [1.54, 1.807) is 26.2 Å². The number of carboxylic acid groups (broad SMARTS) is 1. The highest BCUT2D eigenvalue weighted by molar-refractivity contribution is 8.02. The van der Waals surface area contributed by atoms with Crippen molar-refractivity contribution in [3.05, 3.63) is 47.0 Å². The molecule has 2 rings (SSSR count). The molecule has 1 aliphatic rings. The third-order valence-electron chi connectivity index (χ3n) is 6.43. The van der Waals surface area contributed by atoms with E-state index in [2.05, 4.69) is 10.6 Å². The number of nitrogens with zero attached hydrogens (tertiary/aromatic N) is 1. The van der Waals surface area contributed by atoms with Crippen LogP contribution in [0.1, 0.15) is 66.4 Å². The Labute approximate surface area is 230 Å². The number of esters is 1. The average molecular weight is 550 g/mol. The maximum atomic E-state index is 13.5. The van der Waals surface area contributed by atoms with Gasteiger partial charge in [-0.3, -0.25) is 14.9 Å². The average Bonchev–Trinajstić information content (AvgIpc) is 3.32. The molecule has 212 valence electrons. The molecule has 1 aromatic carbocycles. The Balaban J connectivity index is 2.26. The van der Waals surface area contributed by atoms with Crippen molar-refractivity contribution in [2.45, 2.75) is 84.2 Å². The van der Waals surface area contributed by atoms with Crippen LogP contribution in [0.5, 0.6) is 0 Å². The number of hydrogen-bond donors (Lipinski definition) is 4. The van der Waals surface area contributed by atoms with Crippen molar-refractivity contribution in [1.29, 1.82) is 0 Å². The van der Waals surface area contributed by atoms with Crippen molar-refractivity contribution >= 4 is 29.6 Å². The number of aliphatic carboxylic acids is 1. The minimum Gasteiger partial charge on any atom is -0.480 e. The zero-order valence-electron chi connectivity index (χ0n) is 23.5. The van der Waals surface area contributed by atoms with E-state index >= 15 is 0 Å². The summed E-state index contributed by atoms with van der Waals surface area (Å²) in [6, 6.07) is 9.74. The number of rotatable bonds is 13. The van der Waals surface area contributed by atoms with Gasteiger partial charge in [0.2, 0.25) is 5.85 Å². The zero-order valence-corrected chi connectivity index (χ0v) is 24.4. The molecular formula is C28H43N3O6S. The van der Waals surface area contributed by atoms with Crippen LogP contribution in [0.15, 0.2) is 41.4 Å². The predicted molar refractivity (Wildman–Crippen MR) is 149 cm³/mol. The van der Waals surface area contributed by atoms with Crippen LogP contribution in [0.25, 0.3) is 0 Å². The molecule has 0 spiro atoms. The standard InChI is InChI=1S/C28H43N3O6S/c1-19(2)16-21(24(33)37-26(3,4)5)28(36,29-7)31-18-38-17-22(31)23(32)30-27(6,25(34)35)15-11-14-20-12-9-8-10-13-20/h8-10,12-13,17,19,21,29,36H,11,14-16,18H2,1-7H3,(H,30,32)(H,34,35)/t21?,27?,28-/m1/s1. The van der Waals surface area contributed by atoms with Crippen LogP contribution in [0, 0.1) is 11.8 Å². The van der Waals surface area contributed by atoms with Gasteiger partial charge in [-0.1, -0.05) is 44.2 Å². The molecule has 10 heteroatoms. The molecule has 0 radical (unpaired) electrons. The smallest absolute Gasteiger partial charge is 0.329 e. The van der Waals surface area contributed by atoms with Crippen molar-refractivity contribution in [3.8, 4) is 0 Å². The van der Waals surface area contributed by atoms with Gasteiger partial charge in [0.05, 0.1) is 5.88 Å². The van der Waals surface area contributed by atoms with Gasteiger partial charge in [-0.15, -0.1) is 11.8 Å². The molecule has 0 fully saturated rings. The van der Waals surface area contributed by atoms with Gasteiger partial charge >= 0.3 is 11.9 Å². The zero-order chi connectivity index (χ0) is 28.7. The number of aryl methyl sites for hydroxylation is 1. The molecule has 38 heavy (non-hydrogen) atoms. The summed E-state index contributed by atoms with van der Waals surface area (Å²) in [4.78, 5) is 40.3. The Bertz CT molecular complexity index is 1010. The fourth-order valence-corrected chi connectivity index (χ4v) is 5.33. The number of carbonyl (C=O) groups excluding carboxylic acids is 2. The number of hydrogen-bond acceptors (Lipinski definition) is 8. The number of amides is 1. The van der Waals surface area contributed by atoms with Gasteiger partial charge in [0, 0.05) is 5.41 Å². The molecule has 9 nitrogen and oxygen atoms in total. The summed E-state index contributed by atoms with van der Waals surface area (Å²) in [7, 11) is 1.52. The SMILES string of the molecule is CN[C@](O)(C(CC(C)C)C(=O)OC(C)(C)C)N1CSC=C1C(=O)NC(C)(CCCc1ccccc1)C(=O)O. The first-order chi connectivity index (χ1) is 17.6. The Hall–Kier alpha value is -2.56. The number of carbonyl (C=O) groups is 3. The van der Waals surface area contributed by atoms with Crippen LogP contribution < -0.4 is 10.6 Å². The monoisotopic (exact) mass is 549 g/mol. The van der Waals surface area contributed by atoms with Gasteiger partial charge in [-0.05, 0) is 71.9 Å². The quantitative estimate of drug-likeness (QED) is 0.215. The van der Waals surface area contributed by atoms with E-state index in [4.69, 9.17) is 4.74 Å². The van der Waals surface area contributed by atoms with E-state index in [1.165, 1.54) is 30.6 Å². The third-order valence-corrected chi connectivity index (χ3v) is 7.23. The van der Waals surface area contributed by atoms with E-state index in [9.17, 15) is 24.6 Å². The highest BCUT2D eigenvalue weighted by atomic mass is 32.2. The van der Waals surface area contributed by atoms with Gasteiger partial charge in [0.25, 0.3) is 5.91 Å². The van der Waals surface area contributed by atoms with E-state index in [0.29, 0.717) is 19.3 Å². The molecule has 0 bridgehead atoms. The lowest BCUT2D eigenvalue weighted by molar-refractivity contribution is -0.195. The first-order valence-electron chi connectivity index (χ1n) is 13.0. The van der Waals surface area contributed by atoms with Crippen molar-refractivity contribution in [3.63, 3.8) is 0 Å². The molecule has 3 atom stereocenters. The maximum Gasteiger partial charge on any atom is 0.329 e. The molecule has 1 aliphatic heterocycles. The lowest BCUT2D eigenvalue weighted by Gasteiger charge is -2.44. The lowest BCUT2D eigenvalue weighted by atomic mass is 9.90. The second-order valence-corrected chi connectivity index (χ2v) is 12.2. The summed E-state index contributed by atoms with van der Waals surface area (Å²) in [5, 5.41) is 28.9. The molecule has 0 saturated heterocycles. The molecular weight excluding hydrogens is 506 g/mol. The van der Waals surface area contributed by atoms with E-state index in [0.717, 1.165) is 5.56 Å². The Morgan fingerprint density at radius 2 is 1.76 bits per heavy atom. The molecule has 1 aromatic rings. The van der Waals surface area contributed by atoms with Gasteiger partial charge < -0.3 is 25.2 Å². The van der Waals surface area contributed by atoms with Crippen LogP contribution in [0.3, 0.4) is 0 Å². The fraction of sp³-hybridized carbons (Fsp3) is 0.607. The van der Waals surface area contributed by atoms with Crippen LogP contribution in [-0.4, -0.2) is 62.9 Å². The fourth-order valence-electron chi connectivity index (χ4n) is 4.38. The summed E-state index contributed by atoms with van der Waals surface area (Å²) in [5.74, 6) is -5.09. The van der Waals surface area contributed by atoms with Gasteiger partial charge in [-0.2, -0.15) is 0 Å². The molecule has 0 saturated carbocycles. The molecule has 1 heterocycles. The molecule has 0 aromatic heterocycles. The lowest BCUT2D eigenvalue weighted by Crippen LogP contribution is -2.65. The summed E-state index contributed by atoms with van der Waals surface area (Å²) >= 11 is 1.28. The first-order valence-corrected chi connectivity index (χ1v) is 14.0. The predicted octanol–water partition coefficient (Wildman–Crippen LogP) is 3.69. The number of nitrogens with one attached hydrogen (secondary N) is 2. The van der Waals surface area contributed by atoms with Crippen molar-refractivity contribution in [1.82, 2.24) is 15.5 Å². The van der Waals surface area contributed by atoms with Crippen molar-refractivity contribution in [2.75, 3.05) is 12.9 Å². The Morgan fingerprint density at radius 1 is 1.13 bits per heavy atom. The van der Waals surface area contributed by atoms with Crippen LogP contribution in [0.2, 0.25) is 0 Å². The van der Waals surface area contributed by atoms with E-state index < -0.39 is 40.8 Å². The summed E-state index contributed by atoms with van der Waals surface area (Å²) < 4.78 is 5.63. The number of thioether (sulfide) groups is 1. The number of carboxylic acids is 1. The third kappa shape index (κ3) is 8.22. The minimum absolute atomic E-state index is 0.0452. The summed E-state index contributed by atoms with van der Waals surface area (Å²) in [6.45, 7) is 10.6. The van der Waals surface area contributed by atoms with E-state index in [-0.39, 0.29) is 23.9 Å². The Kier molecular flexibility index (Phi) is 10.8. The summed E-state index contributed by atoms with van der Waals surface area (Å²) in [6.07, 6.45) is 1.75. The first kappa shape index (κ1) is 31.7. The maximum absolute atomic E-state index is 13.5. The highest BCUT2D eigenvalue weighted by Crippen LogP contribution is 2.36. The number of aliphatic hydroxyl groups is 1. The van der Waals surface area contributed by atoms with E-state index in [1.807, 2.05) is 44.2 Å². The largest absolute Gasteiger partial charge is 0.480 e. The molecule has 2 unspecified atom stereocenters. The number of ether oxygens (including phenoxy) is 1. The summed E-state index contributed by atoms with van der Waals surface area (Å²) in [5.41, 5.74) is -1.11. The van der Waals surface area contributed by atoms with Crippen LogP contribution in [-0.2, 0) is 25.5 Å². The van der Waals surface area contributed by atoms with Crippen molar-refractivity contribution < 1.29 is 29.3 Å². The molecule has 1 amide bonds. The number of benzene rings is 1. The van der Waals surface area contributed by atoms with Crippen LogP contribution >= 0.6 is 11.8 Å². The van der Waals surface area contributed by atoms with Gasteiger partial charge in [-0.25, -0.2) is 4.79 Å². The second kappa shape index (κ2) is 13.0. The Morgan fingerprint density at radius 3 is 2.29 bits per heavy atom. The topological polar surface area (TPSA) is 128 Å². The van der Waals surface area contributed by atoms with Gasteiger partial charge in [0.15, 0.2) is 0 Å². The minimum atomic E-state index is -1.94. The molecule has 4 N–H and O–H groups in total. The van der Waals surface area contributed by atoms with Gasteiger partial charge in [0.1, 0.15) is 22.8 Å².